The van der Waals surface area contributed by atoms with Gasteiger partial charge in [0.15, 0.2) is 0 Å². The summed E-state index contributed by atoms with van der Waals surface area (Å²) in [5, 5.41) is 13.2. The van der Waals surface area contributed by atoms with Crippen LogP contribution >= 0.6 is 0 Å². The number of hydrogen-bond acceptors (Lipinski definition) is 3. The zero-order valence-electron chi connectivity index (χ0n) is 13.7. The van der Waals surface area contributed by atoms with Crippen molar-refractivity contribution in [1.82, 2.24) is 5.32 Å². The van der Waals surface area contributed by atoms with Crippen LogP contribution in [-0.4, -0.2) is 29.9 Å². The Bertz CT molecular complexity index is 527. The molecular formula is C18H27NO2. The Labute approximate surface area is 128 Å². The Balaban J connectivity index is 1.91. The van der Waals surface area contributed by atoms with Crippen LogP contribution in [0.25, 0.3) is 6.08 Å². The van der Waals surface area contributed by atoms with Crippen molar-refractivity contribution in [3.8, 4) is 5.75 Å². The number of benzene rings is 1. The zero-order valence-corrected chi connectivity index (χ0v) is 13.7. The Morgan fingerprint density at radius 2 is 2.00 bits per heavy atom. The second-order valence-electron chi connectivity index (χ2n) is 7.40. The molecule has 0 amide bonds. The Kier molecular flexibility index (Phi) is 4.45. The van der Waals surface area contributed by atoms with Gasteiger partial charge in [-0.25, -0.2) is 0 Å². The molecule has 0 aliphatic heterocycles. The Morgan fingerprint density at radius 3 is 2.67 bits per heavy atom. The van der Waals surface area contributed by atoms with E-state index < -0.39 is 6.10 Å². The molecule has 3 heteroatoms. The van der Waals surface area contributed by atoms with Crippen molar-refractivity contribution < 1.29 is 9.84 Å². The van der Waals surface area contributed by atoms with Crippen molar-refractivity contribution in [2.24, 2.45) is 0 Å². The maximum atomic E-state index is 9.97. The summed E-state index contributed by atoms with van der Waals surface area (Å²) in [6, 6.07) is 6.13. The zero-order chi connectivity index (χ0) is 15.7. The molecule has 1 aliphatic carbocycles. The third-order valence-corrected chi connectivity index (χ3v) is 3.71. The molecule has 2 rings (SSSR count). The monoisotopic (exact) mass is 289 g/mol. The van der Waals surface area contributed by atoms with Crippen LogP contribution in [0.15, 0.2) is 24.3 Å². The fourth-order valence-electron chi connectivity index (χ4n) is 2.39. The summed E-state index contributed by atoms with van der Waals surface area (Å²) in [5.41, 5.74) is 2.59. The third kappa shape index (κ3) is 4.32. The topological polar surface area (TPSA) is 41.5 Å². The molecule has 1 aromatic carbocycles. The van der Waals surface area contributed by atoms with Gasteiger partial charge in [0.2, 0.25) is 0 Å². The van der Waals surface area contributed by atoms with Crippen LogP contribution < -0.4 is 10.1 Å². The van der Waals surface area contributed by atoms with E-state index in [0.29, 0.717) is 13.2 Å². The summed E-state index contributed by atoms with van der Waals surface area (Å²) < 4.78 is 5.73. The van der Waals surface area contributed by atoms with Crippen LogP contribution in [0.2, 0.25) is 0 Å². The molecule has 1 aromatic rings. The van der Waals surface area contributed by atoms with E-state index in [9.17, 15) is 5.11 Å². The van der Waals surface area contributed by atoms with Crippen LogP contribution in [0.5, 0.6) is 5.75 Å². The van der Waals surface area contributed by atoms with E-state index in [0.717, 1.165) is 5.75 Å². The molecule has 0 saturated carbocycles. The van der Waals surface area contributed by atoms with E-state index in [4.69, 9.17) is 4.74 Å². The molecule has 21 heavy (non-hydrogen) atoms. The predicted molar refractivity (Wildman–Crippen MR) is 87.8 cm³/mol. The van der Waals surface area contributed by atoms with Gasteiger partial charge < -0.3 is 15.2 Å². The highest BCUT2D eigenvalue weighted by Gasteiger charge is 2.25. The highest BCUT2D eigenvalue weighted by molar-refractivity contribution is 5.65. The minimum Gasteiger partial charge on any atom is -0.491 e. The number of aliphatic hydroxyl groups excluding tert-OH is 1. The maximum Gasteiger partial charge on any atom is 0.119 e. The average Bonchev–Trinajstić information content (AvgIpc) is 2.69. The molecule has 3 nitrogen and oxygen atoms in total. The molecule has 2 N–H and O–H groups in total. The second-order valence-corrected chi connectivity index (χ2v) is 7.40. The van der Waals surface area contributed by atoms with Gasteiger partial charge in [0.1, 0.15) is 18.5 Å². The highest BCUT2D eigenvalue weighted by Crippen LogP contribution is 2.37. The summed E-state index contributed by atoms with van der Waals surface area (Å²) in [7, 11) is 0. The smallest absolute Gasteiger partial charge is 0.119 e. The largest absolute Gasteiger partial charge is 0.491 e. The number of nitrogens with one attached hydrogen (secondary N) is 1. The summed E-state index contributed by atoms with van der Waals surface area (Å²) in [6.07, 6.45) is 3.86. The number of allylic oxidation sites excluding steroid dienone is 1. The molecule has 0 aromatic heterocycles. The molecule has 0 fully saturated rings. The van der Waals surface area contributed by atoms with Crippen molar-refractivity contribution in [1.29, 1.82) is 0 Å². The van der Waals surface area contributed by atoms with Crippen molar-refractivity contribution in [2.75, 3.05) is 13.2 Å². The predicted octanol–water partition coefficient (Wildman–Crippen LogP) is 3.12. The van der Waals surface area contributed by atoms with Gasteiger partial charge in [0.05, 0.1) is 0 Å². The number of rotatable bonds is 5. The Morgan fingerprint density at radius 1 is 1.29 bits per heavy atom. The van der Waals surface area contributed by atoms with Gasteiger partial charge in [-0.2, -0.15) is 0 Å². The van der Waals surface area contributed by atoms with E-state index in [2.05, 4.69) is 64.2 Å². The molecule has 1 atom stereocenters. The van der Waals surface area contributed by atoms with Crippen molar-refractivity contribution in [3.05, 3.63) is 35.4 Å². The maximum absolute atomic E-state index is 9.97. The molecule has 0 saturated heterocycles. The first-order valence-corrected chi connectivity index (χ1v) is 7.57. The summed E-state index contributed by atoms with van der Waals surface area (Å²) >= 11 is 0. The lowest BCUT2D eigenvalue weighted by Crippen LogP contribution is -2.42. The summed E-state index contributed by atoms with van der Waals surface area (Å²) in [6.45, 7) is 11.5. The van der Waals surface area contributed by atoms with E-state index in [1.165, 1.54) is 11.1 Å². The molecular weight excluding hydrogens is 262 g/mol. The minimum absolute atomic E-state index is 0.00421. The lowest BCUT2D eigenvalue weighted by atomic mass is 9.87. The molecule has 0 spiro atoms. The minimum atomic E-state index is -0.511. The van der Waals surface area contributed by atoms with E-state index in [1.807, 2.05) is 6.07 Å². The number of hydrogen-bond donors (Lipinski definition) is 2. The van der Waals surface area contributed by atoms with Crippen LogP contribution in [0.1, 0.15) is 45.7 Å². The van der Waals surface area contributed by atoms with Crippen molar-refractivity contribution in [3.63, 3.8) is 0 Å². The standard InChI is InChI=1S/C18H27NO2/c1-17(2,3)19-11-14(20)12-21-15-7-6-13-8-9-18(4,5)16(13)10-15/h6-10,14,19-20H,11-12H2,1-5H3. The van der Waals surface area contributed by atoms with E-state index in [1.54, 1.807) is 0 Å². The fraction of sp³-hybridized carbons (Fsp3) is 0.556. The van der Waals surface area contributed by atoms with E-state index >= 15 is 0 Å². The summed E-state index contributed by atoms with van der Waals surface area (Å²) in [5.74, 6) is 0.820. The van der Waals surface area contributed by atoms with Crippen LogP contribution in [0.3, 0.4) is 0 Å². The van der Waals surface area contributed by atoms with Gasteiger partial charge in [-0.15, -0.1) is 0 Å². The van der Waals surface area contributed by atoms with Gasteiger partial charge in [-0.3, -0.25) is 0 Å². The van der Waals surface area contributed by atoms with Crippen LogP contribution in [0, 0.1) is 0 Å². The van der Waals surface area contributed by atoms with E-state index in [-0.39, 0.29) is 11.0 Å². The molecule has 1 unspecified atom stereocenters. The first-order chi connectivity index (χ1) is 9.67. The van der Waals surface area contributed by atoms with Gasteiger partial charge >= 0.3 is 0 Å². The first-order valence-electron chi connectivity index (χ1n) is 7.57. The molecule has 0 bridgehead atoms. The van der Waals surface area contributed by atoms with Gasteiger partial charge in [0.25, 0.3) is 0 Å². The average molecular weight is 289 g/mol. The summed E-state index contributed by atoms with van der Waals surface area (Å²) in [4.78, 5) is 0. The molecule has 0 radical (unpaired) electrons. The fourth-order valence-corrected chi connectivity index (χ4v) is 2.39. The lowest BCUT2D eigenvalue weighted by molar-refractivity contribution is 0.1000. The quantitative estimate of drug-likeness (QED) is 0.875. The SMILES string of the molecule is CC(C)(C)NCC(O)COc1ccc2c(c1)C(C)(C)C=C2. The van der Waals surface area contributed by atoms with Crippen LogP contribution in [0.4, 0.5) is 0 Å². The van der Waals surface area contributed by atoms with Crippen molar-refractivity contribution in [2.45, 2.75) is 51.7 Å². The molecule has 116 valence electrons. The lowest BCUT2D eigenvalue weighted by Gasteiger charge is -2.23. The number of aliphatic hydroxyl groups is 1. The first kappa shape index (κ1) is 16.1. The van der Waals surface area contributed by atoms with Crippen molar-refractivity contribution >= 4 is 6.08 Å². The van der Waals surface area contributed by atoms with Gasteiger partial charge in [-0.05, 0) is 44.0 Å². The number of fused-ring (bicyclic) bond motifs is 1. The highest BCUT2D eigenvalue weighted by atomic mass is 16.5. The number of β-amino-alcohol motifs (C(OH)–C–C–N with tert-alkyl or cyclic N) is 1. The molecule has 0 heterocycles. The molecule has 1 aliphatic rings. The van der Waals surface area contributed by atoms with Gasteiger partial charge in [-0.1, -0.05) is 32.1 Å². The number of ether oxygens (including phenoxy) is 1. The normalized spacial score (nSPS) is 17.6. The van der Waals surface area contributed by atoms with Crippen LogP contribution in [-0.2, 0) is 5.41 Å². The second kappa shape index (κ2) is 5.82. The van der Waals surface area contributed by atoms with Gasteiger partial charge in [0, 0.05) is 17.5 Å². The third-order valence-electron chi connectivity index (χ3n) is 3.71. The Hall–Kier alpha value is -1.32.